The van der Waals surface area contributed by atoms with Crippen LogP contribution in [0.1, 0.15) is 101 Å². The SMILES string of the molecule is CCC=CC[C@]1(C#N)CCc2c1nc(CCCCC)c(CCCCC)c2-c1ccccc1. The van der Waals surface area contributed by atoms with Crippen molar-refractivity contribution in [3.05, 3.63) is 65.0 Å². The molecule has 0 saturated carbocycles. The number of benzene rings is 1. The fourth-order valence-electron chi connectivity index (χ4n) is 5.14. The van der Waals surface area contributed by atoms with Crippen LogP contribution in [0.2, 0.25) is 0 Å². The first-order valence-corrected chi connectivity index (χ1v) is 12.9. The fourth-order valence-corrected chi connectivity index (χ4v) is 5.14. The van der Waals surface area contributed by atoms with Gasteiger partial charge in [-0.3, -0.25) is 4.98 Å². The van der Waals surface area contributed by atoms with E-state index in [0.29, 0.717) is 0 Å². The predicted molar refractivity (Wildman–Crippen MR) is 136 cm³/mol. The first-order chi connectivity index (χ1) is 15.7. The lowest BCUT2D eigenvalue weighted by Gasteiger charge is -2.24. The molecule has 0 aliphatic heterocycles. The Morgan fingerprint density at radius 1 is 0.969 bits per heavy atom. The Balaban J connectivity index is 2.19. The van der Waals surface area contributed by atoms with Crippen LogP contribution in [0.15, 0.2) is 42.5 Å². The molecule has 0 radical (unpaired) electrons. The number of rotatable bonds is 12. The van der Waals surface area contributed by atoms with Crippen LogP contribution < -0.4 is 0 Å². The zero-order chi connectivity index (χ0) is 22.8. The molecule has 170 valence electrons. The highest BCUT2D eigenvalue weighted by atomic mass is 14.8. The largest absolute Gasteiger partial charge is 0.256 e. The molecule has 0 fully saturated rings. The molecule has 1 aromatic carbocycles. The molecular weight excluding hydrogens is 388 g/mol. The number of aromatic nitrogens is 1. The highest BCUT2D eigenvalue weighted by molar-refractivity contribution is 5.74. The summed E-state index contributed by atoms with van der Waals surface area (Å²) in [5, 5.41) is 10.3. The average Bonchev–Trinajstić information content (AvgIpc) is 3.18. The molecule has 1 aromatic heterocycles. The topological polar surface area (TPSA) is 36.7 Å². The van der Waals surface area contributed by atoms with Crippen LogP contribution in [-0.2, 0) is 24.7 Å². The van der Waals surface area contributed by atoms with E-state index in [2.05, 4.69) is 69.3 Å². The summed E-state index contributed by atoms with van der Waals surface area (Å²) in [5.41, 5.74) is 7.35. The van der Waals surface area contributed by atoms with Gasteiger partial charge in [0.1, 0.15) is 5.41 Å². The van der Waals surface area contributed by atoms with Gasteiger partial charge in [-0.05, 0) is 73.6 Å². The van der Waals surface area contributed by atoms with Crippen LogP contribution in [0.4, 0.5) is 0 Å². The van der Waals surface area contributed by atoms with Crippen molar-refractivity contribution in [2.45, 2.75) is 103 Å². The van der Waals surface area contributed by atoms with E-state index in [1.165, 1.54) is 66.5 Å². The lowest BCUT2D eigenvalue weighted by molar-refractivity contribution is 0.535. The van der Waals surface area contributed by atoms with E-state index in [4.69, 9.17) is 4.98 Å². The molecule has 0 spiro atoms. The van der Waals surface area contributed by atoms with E-state index in [1.54, 1.807) is 0 Å². The zero-order valence-corrected chi connectivity index (χ0v) is 20.4. The van der Waals surface area contributed by atoms with Gasteiger partial charge in [-0.25, -0.2) is 0 Å². The number of nitriles is 1. The maximum absolute atomic E-state index is 10.3. The maximum Gasteiger partial charge on any atom is 0.103 e. The van der Waals surface area contributed by atoms with Crippen LogP contribution in [0.3, 0.4) is 0 Å². The van der Waals surface area contributed by atoms with E-state index in [1.807, 2.05) is 0 Å². The molecule has 0 saturated heterocycles. The molecule has 1 heterocycles. The lowest BCUT2D eigenvalue weighted by Crippen LogP contribution is -2.22. The number of hydrogen-bond acceptors (Lipinski definition) is 2. The van der Waals surface area contributed by atoms with Crippen LogP contribution in [0.25, 0.3) is 11.1 Å². The van der Waals surface area contributed by atoms with Crippen LogP contribution in [-0.4, -0.2) is 4.98 Å². The van der Waals surface area contributed by atoms with Gasteiger partial charge >= 0.3 is 0 Å². The Bertz CT molecular complexity index is 936. The first-order valence-electron chi connectivity index (χ1n) is 12.9. The van der Waals surface area contributed by atoms with Gasteiger partial charge in [0.25, 0.3) is 0 Å². The first kappa shape index (κ1) is 24.2. The number of hydrogen-bond donors (Lipinski definition) is 0. The van der Waals surface area contributed by atoms with E-state index >= 15 is 0 Å². The molecular formula is C30H40N2. The van der Waals surface area contributed by atoms with Crippen molar-refractivity contribution in [3.63, 3.8) is 0 Å². The summed E-state index contributed by atoms with van der Waals surface area (Å²) in [6, 6.07) is 13.6. The van der Waals surface area contributed by atoms with Crippen LogP contribution in [0, 0.1) is 11.3 Å². The normalized spacial score (nSPS) is 17.6. The van der Waals surface area contributed by atoms with E-state index in [0.717, 1.165) is 44.2 Å². The standard InChI is InChI=1S/C30H40N2/c1-4-7-11-18-25-27(19-12-8-5-2)32-29-26(28(25)24-16-13-10-14-17-24)20-22-30(29,23-31)21-15-9-6-3/h9-10,13-17H,4-8,11-12,18-22H2,1-3H3/t30-/m1/s1. The molecule has 0 unspecified atom stereocenters. The Hall–Kier alpha value is -2.40. The minimum absolute atomic E-state index is 0.480. The third-order valence-electron chi connectivity index (χ3n) is 6.93. The highest BCUT2D eigenvalue weighted by Crippen LogP contribution is 2.46. The second kappa shape index (κ2) is 12.0. The van der Waals surface area contributed by atoms with Crippen molar-refractivity contribution in [1.29, 1.82) is 5.26 Å². The Labute approximate surface area is 195 Å². The average molecular weight is 429 g/mol. The highest BCUT2D eigenvalue weighted by Gasteiger charge is 2.42. The monoisotopic (exact) mass is 428 g/mol. The lowest BCUT2D eigenvalue weighted by atomic mass is 9.81. The molecule has 1 atom stereocenters. The van der Waals surface area contributed by atoms with Gasteiger partial charge in [-0.2, -0.15) is 5.26 Å². The Kier molecular flexibility index (Phi) is 9.10. The number of pyridine rings is 1. The molecule has 2 heteroatoms. The van der Waals surface area contributed by atoms with Gasteiger partial charge in [0.2, 0.25) is 0 Å². The summed E-state index contributed by atoms with van der Waals surface area (Å²) in [6.07, 6.45) is 17.4. The van der Waals surface area contributed by atoms with E-state index in [9.17, 15) is 5.26 Å². The molecule has 1 aliphatic carbocycles. The third-order valence-corrected chi connectivity index (χ3v) is 6.93. The van der Waals surface area contributed by atoms with Crippen molar-refractivity contribution in [2.75, 3.05) is 0 Å². The van der Waals surface area contributed by atoms with Gasteiger partial charge in [0.15, 0.2) is 0 Å². The van der Waals surface area contributed by atoms with Gasteiger partial charge in [0.05, 0.1) is 11.8 Å². The number of fused-ring (bicyclic) bond motifs is 1. The Morgan fingerprint density at radius 2 is 1.69 bits per heavy atom. The molecule has 2 aromatic rings. The minimum Gasteiger partial charge on any atom is -0.256 e. The number of unbranched alkanes of at least 4 members (excludes halogenated alkanes) is 4. The summed E-state index contributed by atoms with van der Waals surface area (Å²) in [6.45, 7) is 6.68. The van der Waals surface area contributed by atoms with Crippen molar-refractivity contribution >= 4 is 0 Å². The quantitative estimate of drug-likeness (QED) is 0.252. The van der Waals surface area contributed by atoms with Crippen molar-refractivity contribution in [2.24, 2.45) is 0 Å². The molecule has 0 N–H and O–H groups in total. The van der Waals surface area contributed by atoms with Gasteiger partial charge < -0.3 is 0 Å². The van der Waals surface area contributed by atoms with Crippen molar-refractivity contribution in [3.8, 4) is 17.2 Å². The van der Waals surface area contributed by atoms with E-state index < -0.39 is 5.41 Å². The fraction of sp³-hybridized carbons (Fsp3) is 0.533. The second-order valence-electron chi connectivity index (χ2n) is 9.30. The maximum atomic E-state index is 10.3. The van der Waals surface area contributed by atoms with Crippen LogP contribution >= 0.6 is 0 Å². The summed E-state index contributed by atoms with van der Waals surface area (Å²) in [7, 11) is 0. The number of aryl methyl sites for hydroxylation is 1. The summed E-state index contributed by atoms with van der Waals surface area (Å²) >= 11 is 0. The van der Waals surface area contributed by atoms with Gasteiger partial charge in [-0.1, -0.05) is 88.9 Å². The zero-order valence-electron chi connectivity index (χ0n) is 20.4. The smallest absolute Gasteiger partial charge is 0.103 e. The number of allylic oxidation sites excluding steroid dienone is 2. The number of nitrogens with zero attached hydrogens (tertiary/aromatic N) is 2. The molecule has 3 rings (SSSR count). The summed E-state index contributed by atoms with van der Waals surface area (Å²) in [4.78, 5) is 5.34. The molecule has 1 aliphatic rings. The molecule has 0 bridgehead atoms. The second-order valence-corrected chi connectivity index (χ2v) is 9.30. The van der Waals surface area contributed by atoms with Crippen LogP contribution in [0.5, 0.6) is 0 Å². The van der Waals surface area contributed by atoms with Crippen molar-refractivity contribution in [1.82, 2.24) is 4.98 Å². The van der Waals surface area contributed by atoms with E-state index in [-0.39, 0.29) is 0 Å². The summed E-state index contributed by atoms with van der Waals surface area (Å²) in [5.74, 6) is 0. The summed E-state index contributed by atoms with van der Waals surface area (Å²) < 4.78 is 0. The molecule has 2 nitrogen and oxygen atoms in total. The van der Waals surface area contributed by atoms with Crippen molar-refractivity contribution < 1.29 is 0 Å². The molecule has 0 amide bonds. The van der Waals surface area contributed by atoms with Gasteiger partial charge in [-0.15, -0.1) is 0 Å². The van der Waals surface area contributed by atoms with Gasteiger partial charge in [0, 0.05) is 5.69 Å². The third kappa shape index (κ3) is 5.32. The minimum atomic E-state index is -0.480. The Morgan fingerprint density at radius 3 is 2.34 bits per heavy atom. The predicted octanol–water partition coefficient (Wildman–Crippen LogP) is 8.28. The molecule has 32 heavy (non-hydrogen) atoms.